The van der Waals surface area contributed by atoms with Crippen LogP contribution in [-0.4, -0.2) is 53.1 Å². The van der Waals surface area contributed by atoms with E-state index in [4.69, 9.17) is 0 Å². The molecule has 2 heterocycles. The van der Waals surface area contributed by atoms with Crippen molar-refractivity contribution in [2.24, 2.45) is 0 Å². The largest absolute Gasteiger partial charge is 0.369 e. The van der Waals surface area contributed by atoms with Gasteiger partial charge in [0.2, 0.25) is 5.82 Å². The number of hydrogen-bond donors (Lipinski definition) is 2. The molecule has 5 rings (SSSR count). The van der Waals surface area contributed by atoms with Crippen molar-refractivity contribution in [1.82, 2.24) is 20.2 Å². The Morgan fingerprint density at radius 3 is 2.18 bits per heavy atom. The Bertz CT molecular complexity index is 1300. The molecule has 0 unspecified atom stereocenters. The lowest BCUT2D eigenvalue weighted by molar-refractivity contribution is 0.209. The first kappa shape index (κ1) is 26.6. The van der Waals surface area contributed by atoms with Gasteiger partial charge in [-0.1, -0.05) is 43.5 Å². The van der Waals surface area contributed by atoms with E-state index in [2.05, 4.69) is 68.5 Å². The molecule has 0 bridgehead atoms. The normalized spacial score (nSPS) is 17.4. The van der Waals surface area contributed by atoms with Crippen LogP contribution >= 0.6 is 0 Å². The van der Waals surface area contributed by atoms with Crippen LogP contribution in [0.25, 0.3) is 11.1 Å². The fraction of sp³-hybridized carbons (Fsp3) is 0.419. The Labute approximate surface area is 231 Å². The monoisotopic (exact) mass is 523 g/mol. The standard InChI is InChI=1S/C31H37N7O/c1-23(2)37-18-20-38(21-19-37)27-12-8-25(9-13-27)24-6-10-26(11-7-24)34-30(39)36-31(15-4-3-5-16-31)28-14-17-33-29(22-32)35-28/h6-14,17,23H,3-5,15-16,18-21H2,1-2H3,(H2,34,36,39). The topological polar surface area (TPSA) is 97.2 Å². The van der Waals surface area contributed by atoms with Gasteiger partial charge in [-0.15, -0.1) is 0 Å². The van der Waals surface area contributed by atoms with E-state index < -0.39 is 5.54 Å². The lowest BCUT2D eigenvalue weighted by Crippen LogP contribution is -2.49. The summed E-state index contributed by atoms with van der Waals surface area (Å²) >= 11 is 0. The Morgan fingerprint density at radius 2 is 1.56 bits per heavy atom. The minimum Gasteiger partial charge on any atom is -0.369 e. The third-order valence-corrected chi connectivity index (χ3v) is 8.06. The lowest BCUT2D eigenvalue weighted by Gasteiger charge is -2.38. The predicted molar refractivity (Wildman–Crippen MR) is 154 cm³/mol. The molecule has 1 saturated carbocycles. The van der Waals surface area contributed by atoms with E-state index in [1.165, 1.54) is 5.69 Å². The number of benzene rings is 2. The quantitative estimate of drug-likeness (QED) is 0.441. The first-order chi connectivity index (χ1) is 19.0. The molecule has 202 valence electrons. The number of rotatable bonds is 6. The SMILES string of the molecule is CC(C)N1CCN(c2ccc(-c3ccc(NC(=O)NC4(c5ccnc(C#N)n5)CCCCC4)cc3)cc2)CC1. The van der Waals surface area contributed by atoms with Crippen molar-refractivity contribution in [2.75, 3.05) is 36.4 Å². The van der Waals surface area contributed by atoms with Crippen LogP contribution in [0.4, 0.5) is 16.2 Å². The van der Waals surface area contributed by atoms with Crippen LogP contribution in [0.5, 0.6) is 0 Å². The highest BCUT2D eigenvalue weighted by Gasteiger charge is 2.37. The Morgan fingerprint density at radius 1 is 0.923 bits per heavy atom. The van der Waals surface area contributed by atoms with Crippen LogP contribution < -0.4 is 15.5 Å². The van der Waals surface area contributed by atoms with Crippen molar-refractivity contribution in [3.63, 3.8) is 0 Å². The fourth-order valence-corrected chi connectivity index (χ4v) is 5.77. The van der Waals surface area contributed by atoms with Crippen molar-refractivity contribution in [3.8, 4) is 17.2 Å². The average molecular weight is 524 g/mol. The van der Waals surface area contributed by atoms with E-state index in [9.17, 15) is 10.1 Å². The van der Waals surface area contributed by atoms with Gasteiger partial charge in [-0.3, -0.25) is 4.90 Å². The van der Waals surface area contributed by atoms with E-state index in [1.807, 2.05) is 30.3 Å². The molecule has 0 spiro atoms. The molecule has 1 aromatic heterocycles. The molecule has 2 aromatic carbocycles. The first-order valence-corrected chi connectivity index (χ1v) is 14.0. The van der Waals surface area contributed by atoms with Gasteiger partial charge in [-0.2, -0.15) is 5.26 Å². The molecule has 2 amide bonds. The van der Waals surface area contributed by atoms with Crippen LogP contribution in [0.2, 0.25) is 0 Å². The third kappa shape index (κ3) is 6.21. The molecule has 8 nitrogen and oxygen atoms in total. The van der Waals surface area contributed by atoms with E-state index >= 15 is 0 Å². The molecular formula is C31H37N7O. The van der Waals surface area contributed by atoms with E-state index in [-0.39, 0.29) is 11.9 Å². The molecule has 0 radical (unpaired) electrons. The number of carbonyl (C=O) groups excluding carboxylic acids is 1. The number of aromatic nitrogens is 2. The number of nitrogens with zero attached hydrogens (tertiary/aromatic N) is 5. The van der Waals surface area contributed by atoms with Crippen LogP contribution in [0.3, 0.4) is 0 Å². The smallest absolute Gasteiger partial charge is 0.319 e. The first-order valence-electron chi connectivity index (χ1n) is 14.0. The van der Waals surface area contributed by atoms with Gasteiger partial charge >= 0.3 is 6.03 Å². The van der Waals surface area contributed by atoms with Crippen molar-refractivity contribution in [3.05, 3.63) is 72.3 Å². The second kappa shape index (κ2) is 11.8. The van der Waals surface area contributed by atoms with Gasteiger partial charge in [-0.05, 0) is 68.1 Å². The molecule has 1 aliphatic heterocycles. The van der Waals surface area contributed by atoms with Gasteiger partial charge in [0.05, 0.1) is 11.2 Å². The summed E-state index contributed by atoms with van der Waals surface area (Å²) in [5, 5.41) is 15.4. The molecular weight excluding hydrogens is 486 g/mol. The number of anilines is 2. The van der Waals surface area contributed by atoms with Crippen LogP contribution in [0.1, 0.15) is 57.5 Å². The summed E-state index contributed by atoms with van der Waals surface area (Å²) in [5.74, 6) is 0.122. The number of amides is 2. The number of piperazine rings is 1. The van der Waals surface area contributed by atoms with Gasteiger partial charge in [0.15, 0.2) is 0 Å². The van der Waals surface area contributed by atoms with Crippen LogP contribution in [-0.2, 0) is 5.54 Å². The second-order valence-corrected chi connectivity index (χ2v) is 10.8. The maximum atomic E-state index is 13.1. The van der Waals surface area contributed by atoms with Crippen molar-refractivity contribution >= 4 is 17.4 Å². The minimum absolute atomic E-state index is 0.122. The van der Waals surface area contributed by atoms with Crippen molar-refractivity contribution < 1.29 is 4.79 Å². The predicted octanol–water partition coefficient (Wildman–Crippen LogP) is 5.53. The van der Waals surface area contributed by atoms with E-state index in [0.717, 1.165) is 75.1 Å². The summed E-state index contributed by atoms with van der Waals surface area (Å²) in [6, 6.07) is 20.8. The molecule has 2 N–H and O–H groups in total. The number of urea groups is 1. The zero-order chi connectivity index (χ0) is 27.2. The molecule has 3 aromatic rings. The van der Waals surface area contributed by atoms with Gasteiger partial charge in [0.1, 0.15) is 6.07 Å². The zero-order valence-electron chi connectivity index (χ0n) is 22.9. The highest BCUT2D eigenvalue weighted by molar-refractivity contribution is 5.90. The Kier molecular flexibility index (Phi) is 8.08. The summed E-state index contributed by atoms with van der Waals surface area (Å²) < 4.78 is 0. The third-order valence-electron chi connectivity index (χ3n) is 8.06. The van der Waals surface area contributed by atoms with Crippen LogP contribution in [0.15, 0.2) is 60.8 Å². The number of carbonyl (C=O) groups is 1. The maximum absolute atomic E-state index is 13.1. The summed E-state index contributed by atoms with van der Waals surface area (Å²) in [5.41, 5.74) is 4.34. The maximum Gasteiger partial charge on any atom is 0.319 e. The van der Waals surface area contributed by atoms with Crippen molar-refractivity contribution in [2.45, 2.75) is 57.5 Å². The second-order valence-electron chi connectivity index (χ2n) is 10.8. The summed E-state index contributed by atoms with van der Waals surface area (Å²) in [6.07, 6.45) is 6.27. The zero-order valence-corrected chi connectivity index (χ0v) is 22.9. The fourth-order valence-electron chi connectivity index (χ4n) is 5.77. The molecule has 39 heavy (non-hydrogen) atoms. The summed E-state index contributed by atoms with van der Waals surface area (Å²) in [4.78, 5) is 26.5. The van der Waals surface area contributed by atoms with Gasteiger partial charge < -0.3 is 15.5 Å². The van der Waals surface area contributed by atoms with Gasteiger partial charge in [-0.25, -0.2) is 14.8 Å². The number of nitriles is 1. The molecule has 8 heteroatoms. The Hall–Kier alpha value is -3.96. The lowest BCUT2D eigenvalue weighted by atomic mass is 9.79. The number of nitrogens with one attached hydrogen (secondary N) is 2. The summed E-state index contributed by atoms with van der Waals surface area (Å²) in [7, 11) is 0. The molecule has 2 aliphatic rings. The van der Waals surface area contributed by atoms with Gasteiger partial charge in [0.25, 0.3) is 0 Å². The summed E-state index contributed by atoms with van der Waals surface area (Å²) in [6.45, 7) is 8.83. The van der Waals surface area contributed by atoms with Crippen molar-refractivity contribution in [1.29, 1.82) is 5.26 Å². The number of hydrogen-bond acceptors (Lipinski definition) is 6. The molecule has 1 aliphatic carbocycles. The molecule has 1 saturated heterocycles. The average Bonchev–Trinajstić information content (AvgIpc) is 2.98. The Balaban J connectivity index is 1.22. The van der Waals surface area contributed by atoms with E-state index in [0.29, 0.717) is 11.7 Å². The molecule has 2 fully saturated rings. The van der Waals surface area contributed by atoms with Gasteiger partial charge in [0, 0.05) is 49.8 Å². The highest BCUT2D eigenvalue weighted by atomic mass is 16.2. The highest BCUT2D eigenvalue weighted by Crippen LogP contribution is 2.36. The minimum atomic E-state index is -0.597. The molecule has 0 atom stereocenters. The van der Waals surface area contributed by atoms with Crippen LogP contribution in [0, 0.1) is 11.3 Å². The van der Waals surface area contributed by atoms with E-state index in [1.54, 1.807) is 12.3 Å².